The van der Waals surface area contributed by atoms with Crippen molar-refractivity contribution in [3.05, 3.63) is 101 Å². The molecule has 1 atom stereocenters. The van der Waals surface area contributed by atoms with E-state index in [0.717, 1.165) is 0 Å². The van der Waals surface area contributed by atoms with Crippen molar-refractivity contribution in [1.29, 1.82) is 0 Å². The molecule has 0 saturated heterocycles. The third-order valence-electron chi connectivity index (χ3n) is 4.95. The highest BCUT2D eigenvalue weighted by Gasteiger charge is 2.15. The molecule has 8 heteroatoms. The van der Waals surface area contributed by atoms with Crippen molar-refractivity contribution in [3.8, 4) is 0 Å². The smallest absolute Gasteiger partial charge is 0.251 e. The maximum atomic E-state index is 13.4. The Kier molecular flexibility index (Phi) is 7.17. The minimum absolute atomic E-state index is 0.0401. The third-order valence-corrected chi connectivity index (χ3v) is 6.37. The Hall–Kier alpha value is -3.36. The van der Waals surface area contributed by atoms with Gasteiger partial charge >= 0.3 is 0 Å². The number of sulfonamides is 1. The third kappa shape index (κ3) is 5.87. The topological polar surface area (TPSA) is 92.3 Å². The van der Waals surface area contributed by atoms with E-state index in [-0.39, 0.29) is 35.0 Å². The molecule has 0 saturated carbocycles. The summed E-state index contributed by atoms with van der Waals surface area (Å²) in [5.74, 6) is -0.832. The van der Waals surface area contributed by atoms with E-state index in [0.29, 0.717) is 22.3 Å². The molecule has 0 aliphatic rings. The standard InChI is InChI=1S/C24H23FN2O4S/c1-16(21-4-3-5-22(25)14-21)27-24(29)20-8-6-18(7-9-20)15-26-32(30,31)23-12-10-19(11-13-23)17(2)28/h3-14,16,26H,15H2,1-2H3,(H,27,29)/t16-/m0/s1. The van der Waals surface area contributed by atoms with Crippen LogP contribution < -0.4 is 10.0 Å². The van der Waals surface area contributed by atoms with Gasteiger partial charge in [-0.05, 0) is 61.4 Å². The van der Waals surface area contributed by atoms with Crippen molar-refractivity contribution >= 4 is 21.7 Å². The highest BCUT2D eigenvalue weighted by molar-refractivity contribution is 7.89. The monoisotopic (exact) mass is 454 g/mol. The number of hydrogen-bond acceptors (Lipinski definition) is 4. The molecular weight excluding hydrogens is 431 g/mol. The van der Waals surface area contributed by atoms with Gasteiger partial charge in [-0.3, -0.25) is 9.59 Å². The van der Waals surface area contributed by atoms with Gasteiger partial charge in [0.1, 0.15) is 5.82 Å². The van der Waals surface area contributed by atoms with Crippen LogP contribution in [0.4, 0.5) is 4.39 Å². The summed E-state index contributed by atoms with van der Waals surface area (Å²) < 4.78 is 40.8. The van der Waals surface area contributed by atoms with Crippen molar-refractivity contribution in [2.75, 3.05) is 0 Å². The lowest BCUT2D eigenvalue weighted by Crippen LogP contribution is -2.27. The van der Waals surface area contributed by atoms with Gasteiger partial charge in [-0.15, -0.1) is 0 Å². The van der Waals surface area contributed by atoms with Crippen LogP contribution in [0, 0.1) is 5.82 Å². The van der Waals surface area contributed by atoms with E-state index in [1.54, 1.807) is 43.3 Å². The first kappa shape index (κ1) is 23.3. The van der Waals surface area contributed by atoms with Crippen molar-refractivity contribution in [3.63, 3.8) is 0 Å². The van der Waals surface area contributed by atoms with Gasteiger partial charge < -0.3 is 5.32 Å². The van der Waals surface area contributed by atoms with Crippen LogP contribution in [0.1, 0.15) is 51.7 Å². The molecule has 0 unspecified atom stereocenters. The van der Waals surface area contributed by atoms with E-state index in [1.807, 2.05) is 0 Å². The Bertz CT molecular complexity index is 1220. The van der Waals surface area contributed by atoms with Crippen LogP contribution >= 0.6 is 0 Å². The number of halogens is 1. The highest BCUT2D eigenvalue weighted by atomic mass is 32.2. The number of carbonyl (C=O) groups excluding carboxylic acids is 2. The maximum Gasteiger partial charge on any atom is 0.251 e. The number of nitrogens with one attached hydrogen (secondary N) is 2. The lowest BCUT2D eigenvalue weighted by Gasteiger charge is -2.15. The lowest BCUT2D eigenvalue weighted by atomic mass is 10.1. The first-order chi connectivity index (χ1) is 15.2. The van der Waals surface area contributed by atoms with Gasteiger partial charge in [0.15, 0.2) is 5.78 Å². The van der Waals surface area contributed by atoms with E-state index in [4.69, 9.17) is 0 Å². The lowest BCUT2D eigenvalue weighted by molar-refractivity contribution is 0.0939. The summed E-state index contributed by atoms with van der Waals surface area (Å²) in [5.41, 5.74) is 2.16. The molecule has 32 heavy (non-hydrogen) atoms. The zero-order chi connectivity index (χ0) is 23.3. The van der Waals surface area contributed by atoms with Gasteiger partial charge in [0, 0.05) is 17.7 Å². The number of hydrogen-bond donors (Lipinski definition) is 2. The van der Waals surface area contributed by atoms with Gasteiger partial charge in [-0.25, -0.2) is 17.5 Å². The maximum absolute atomic E-state index is 13.4. The van der Waals surface area contributed by atoms with E-state index in [1.165, 1.54) is 43.3 Å². The number of carbonyl (C=O) groups is 2. The highest BCUT2D eigenvalue weighted by Crippen LogP contribution is 2.15. The number of ketones is 1. The van der Waals surface area contributed by atoms with Crippen LogP contribution in [-0.2, 0) is 16.6 Å². The first-order valence-corrected chi connectivity index (χ1v) is 11.4. The molecule has 0 aliphatic carbocycles. The summed E-state index contributed by atoms with van der Waals surface area (Å²) in [7, 11) is -3.75. The minimum Gasteiger partial charge on any atom is -0.346 e. The minimum atomic E-state index is -3.75. The summed E-state index contributed by atoms with van der Waals surface area (Å²) in [6, 6.07) is 17.9. The van der Waals surface area contributed by atoms with Crippen molar-refractivity contribution in [2.45, 2.75) is 31.3 Å². The zero-order valence-corrected chi connectivity index (χ0v) is 18.4. The summed E-state index contributed by atoms with van der Waals surface area (Å²) >= 11 is 0. The molecule has 0 aromatic heterocycles. The van der Waals surface area contributed by atoms with Gasteiger partial charge in [-0.2, -0.15) is 0 Å². The zero-order valence-electron chi connectivity index (χ0n) is 17.6. The molecule has 6 nitrogen and oxygen atoms in total. The Morgan fingerprint density at radius 1 is 0.938 bits per heavy atom. The van der Waals surface area contributed by atoms with E-state index in [2.05, 4.69) is 10.0 Å². The molecule has 0 spiro atoms. The first-order valence-electron chi connectivity index (χ1n) is 9.91. The molecule has 2 N–H and O–H groups in total. The molecule has 3 aromatic rings. The molecule has 3 aromatic carbocycles. The molecule has 166 valence electrons. The Balaban J connectivity index is 1.60. The van der Waals surface area contributed by atoms with Crippen LogP contribution in [0.2, 0.25) is 0 Å². The van der Waals surface area contributed by atoms with Crippen LogP contribution in [0.3, 0.4) is 0 Å². The fraction of sp³-hybridized carbons (Fsp3) is 0.167. The largest absolute Gasteiger partial charge is 0.346 e. The predicted octanol–water partition coefficient (Wildman–Crippen LogP) is 4.00. The SMILES string of the molecule is CC(=O)c1ccc(S(=O)(=O)NCc2ccc(C(=O)N[C@@H](C)c3cccc(F)c3)cc2)cc1. The fourth-order valence-electron chi connectivity index (χ4n) is 3.04. The molecule has 0 bridgehead atoms. The van der Waals surface area contributed by atoms with Crippen LogP contribution in [-0.4, -0.2) is 20.1 Å². The summed E-state index contributed by atoms with van der Waals surface area (Å²) in [5, 5.41) is 2.81. The molecule has 0 heterocycles. The van der Waals surface area contributed by atoms with Crippen LogP contribution in [0.15, 0.2) is 77.7 Å². The van der Waals surface area contributed by atoms with Crippen LogP contribution in [0.25, 0.3) is 0 Å². The average Bonchev–Trinajstić information content (AvgIpc) is 2.78. The average molecular weight is 455 g/mol. The van der Waals surface area contributed by atoms with Gasteiger partial charge in [-0.1, -0.05) is 36.4 Å². The van der Waals surface area contributed by atoms with Gasteiger partial charge in [0.2, 0.25) is 10.0 Å². The van der Waals surface area contributed by atoms with Crippen molar-refractivity contribution < 1.29 is 22.4 Å². The Morgan fingerprint density at radius 2 is 1.56 bits per heavy atom. The number of benzene rings is 3. The molecule has 0 radical (unpaired) electrons. The van der Waals surface area contributed by atoms with E-state index < -0.39 is 10.0 Å². The second kappa shape index (κ2) is 9.84. The van der Waals surface area contributed by atoms with Crippen LogP contribution in [0.5, 0.6) is 0 Å². The molecular formula is C24H23FN2O4S. The molecule has 0 fully saturated rings. The number of rotatable bonds is 8. The van der Waals surface area contributed by atoms with Gasteiger partial charge in [0.25, 0.3) is 5.91 Å². The van der Waals surface area contributed by atoms with Crippen molar-refractivity contribution in [1.82, 2.24) is 10.0 Å². The Labute approximate surface area is 186 Å². The normalized spacial score (nSPS) is 12.2. The quantitative estimate of drug-likeness (QED) is 0.503. The van der Waals surface area contributed by atoms with E-state index >= 15 is 0 Å². The Morgan fingerprint density at radius 3 is 2.16 bits per heavy atom. The molecule has 1 amide bonds. The summed E-state index contributed by atoms with van der Waals surface area (Å²) in [6.45, 7) is 3.21. The van der Waals surface area contributed by atoms with E-state index in [9.17, 15) is 22.4 Å². The molecule has 3 rings (SSSR count). The second-order valence-electron chi connectivity index (χ2n) is 7.35. The number of Topliss-reactive ketones (excluding diaryl/α,β-unsaturated/α-hetero) is 1. The van der Waals surface area contributed by atoms with Gasteiger partial charge in [0.05, 0.1) is 10.9 Å². The second-order valence-corrected chi connectivity index (χ2v) is 9.12. The molecule has 0 aliphatic heterocycles. The summed E-state index contributed by atoms with van der Waals surface area (Å²) in [4.78, 5) is 23.9. The number of amides is 1. The summed E-state index contributed by atoms with van der Waals surface area (Å²) in [6.07, 6.45) is 0. The fourth-order valence-corrected chi connectivity index (χ4v) is 4.06. The van der Waals surface area contributed by atoms with Crippen molar-refractivity contribution in [2.24, 2.45) is 0 Å². The predicted molar refractivity (Wildman–Crippen MR) is 119 cm³/mol.